The van der Waals surface area contributed by atoms with Crippen LogP contribution in [0.2, 0.25) is 0 Å². The first-order valence-corrected chi connectivity index (χ1v) is 4.08. The third kappa shape index (κ3) is 4.96. The third-order valence-electron chi connectivity index (χ3n) is 2.40. The van der Waals surface area contributed by atoms with E-state index in [4.69, 9.17) is 10.2 Å². The minimum atomic E-state index is -0.970. The van der Waals surface area contributed by atoms with Gasteiger partial charge in [-0.1, -0.05) is 12.8 Å². The first-order chi connectivity index (χ1) is 5.63. The predicted octanol–water partition coefficient (Wildman–Crippen LogP) is -0.603. The summed E-state index contributed by atoms with van der Waals surface area (Å²) in [6, 6.07) is 0. The topological polar surface area (TPSA) is 74.6 Å². The average molecular weight is 286 g/mol. The fourth-order valence-corrected chi connectivity index (χ4v) is 1.72. The van der Waals surface area contributed by atoms with Crippen molar-refractivity contribution in [1.29, 1.82) is 0 Å². The summed E-state index contributed by atoms with van der Waals surface area (Å²) in [6.07, 6.45) is 2.68. The van der Waals surface area contributed by atoms with Crippen LogP contribution < -0.4 is 0 Å². The molecule has 0 spiro atoms. The Morgan fingerprint density at radius 2 is 1.21 bits per heavy atom. The van der Waals surface area contributed by atoms with Crippen molar-refractivity contribution in [2.24, 2.45) is 11.8 Å². The third-order valence-corrected chi connectivity index (χ3v) is 2.40. The van der Waals surface area contributed by atoms with Gasteiger partial charge in [-0.2, -0.15) is 0 Å². The Bertz CT molecular complexity index is 188. The van der Waals surface area contributed by atoms with E-state index in [1.54, 1.807) is 0 Å². The van der Waals surface area contributed by atoms with E-state index in [1.807, 2.05) is 0 Å². The van der Waals surface area contributed by atoms with E-state index in [0.717, 1.165) is 12.8 Å². The van der Waals surface area contributed by atoms with Crippen molar-refractivity contribution in [3.63, 3.8) is 0 Å². The van der Waals surface area contributed by atoms with E-state index in [-0.39, 0.29) is 75.0 Å². The van der Waals surface area contributed by atoms with Crippen molar-refractivity contribution < 1.29 is 19.8 Å². The van der Waals surface area contributed by atoms with Gasteiger partial charge < -0.3 is 10.2 Å². The van der Waals surface area contributed by atoms with Gasteiger partial charge in [0.05, 0.1) is 11.8 Å². The summed E-state index contributed by atoms with van der Waals surface area (Å²) >= 11 is 0. The zero-order valence-electron chi connectivity index (χ0n) is 6.69. The number of carboxylic acids is 2. The molecule has 1 rings (SSSR count). The summed E-state index contributed by atoms with van der Waals surface area (Å²) in [6.45, 7) is 0. The van der Waals surface area contributed by atoms with Crippen LogP contribution in [0.1, 0.15) is 25.7 Å². The molecular weight excluding hydrogens is 271 g/mol. The summed E-state index contributed by atoms with van der Waals surface area (Å²) in [4.78, 5) is 21.2. The Labute approximate surface area is 142 Å². The van der Waals surface area contributed by atoms with Crippen LogP contribution in [0.3, 0.4) is 0 Å². The monoisotopic (exact) mass is 286 g/mol. The Morgan fingerprint density at radius 3 is 1.43 bits per heavy atom. The van der Waals surface area contributed by atoms with Gasteiger partial charge in [0.2, 0.25) is 0 Å². The zero-order valence-corrected chi connectivity index (χ0v) is 6.69. The van der Waals surface area contributed by atoms with Crippen molar-refractivity contribution in [3.05, 3.63) is 0 Å². The Balaban J connectivity index is 0. The number of hydrogen-bond acceptors (Lipinski definition) is 2. The molecule has 0 heterocycles. The van der Waals surface area contributed by atoms with Gasteiger partial charge in [-0.15, -0.1) is 0 Å². The molecule has 2 unspecified atom stereocenters. The number of aliphatic carboxylic acids is 2. The molecule has 6 heteroatoms. The molecule has 1 aliphatic rings. The second-order valence-electron chi connectivity index (χ2n) is 3.17. The molecule has 0 radical (unpaired) electrons. The minimum absolute atomic E-state index is 0. The van der Waals surface area contributed by atoms with Crippen molar-refractivity contribution in [2.75, 3.05) is 0 Å². The molecule has 2 N–H and O–H groups in total. The molecule has 0 aromatic carbocycles. The summed E-state index contributed by atoms with van der Waals surface area (Å²) in [5.74, 6) is -3.28. The average Bonchev–Trinajstić information content (AvgIpc) is 2.04. The quantitative estimate of drug-likeness (QED) is 0.665. The van der Waals surface area contributed by atoms with E-state index in [9.17, 15) is 9.59 Å². The van der Waals surface area contributed by atoms with Crippen LogP contribution >= 0.6 is 0 Å². The molecule has 0 aliphatic heterocycles. The first-order valence-electron chi connectivity index (χ1n) is 4.08. The molecule has 1 aliphatic carbocycles. The first kappa shape index (κ1) is 17.8. The molecule has 14 heavy (non-hydrogen) atoms. The van der Waals surface area contributed by atoms with Crippen LogP contribution in [0.25, 0.3) is 0 Å². The number of hydrogen-bond donors (Lipinski definition) is 2. The molecule has 0 saturated heterocycles. The maximum atomic E-state index is 10.6. The van der Waals surface area contributed by atoms with Gasteiger partial charge in [0, 0.05) is 0 Å². The second-order valence-corrected chi connectivity index (χ2v) is 3.17. The van der Waals surface area contributed by atoms with Gasteiger partial charge in [0.15, 0.2) is 0 Å². The van der Waals surface area contributed by atoms with E-state index in [1.165, 1.54) is 0 Å². The Morgan fingerprint density at radius 1 is 0.929 bits per heavy atom. The molecular formula is C8H15NaO4Sr. The van der Waals surface area contributed by atoms with Gasteiger partial charge in [0.1, 0.15) is 0 Å². The molecule has 0 bridgehead atoms. The zero-order chi connectivity index (χ0) is 9.14. The normalized spacial score (nSPS) is 25.4. The van der Waals surface area contributed by atoms with Gasteiger partial charge in [-0.3, -0.25) is 9.59 Å². The molecule has 0 amide bonds. The predicted molar refractivity (Wildman–Crippen MR) is 56.4 cm³/mol. The van der Waals surface area contributed by atoms with E-state index < -0.39 is 23.8 Å². The molecule has 74 valence electrons. The SMILES string of the molecule is O=C(O)C1CCCCC1C(=O)O.[NaH].[SrH2]. The van der Waals surface area contributed by atoms with Gasteiger partial charge in [-0.25, -0.2) is 0 Å². The molecule has 2 atom stereocenters. The summed E-state index contributed by atoms with van der Waals surface area (Å²) < 4.78 is 0. The van der Waals surface area contributed by atoms with Crippen molar-refractivity contribution in [3.8, 4) is 0 Å². The Kier molecular flexibility index (Phi) is 10.9. The summed E-state index contributed by atoms with van der Waals surface area (Å²) in [7, 11) is 0. The summed E-state index contributed by atoms with van der Waals surface area (Å²) in [5.41, 5.74) is 0. The van der Waals surface area contributed by atoms with E-state index in [0.29, 0.717) is 12.8 Å². The van der Waals surface area contributed by atoms with E-state index >= 15 is 0 Å². The number of carbonyl (C=O) groups is 2. The number of rotatable bonds is 2. The molecule has 0 aromatic heterocycles. The summed E-state index contributed by atoms with van der Waals surface area (Å²) in [5, 5.41) is 17.4. The standard InChI is InChI=1S/C8H12O4.Na.Sr.3H/c9-7(10)5-3-1-2-4-6(5)8(11)12;;;;;/h5-6H,1-4H2,(H,9,10)(H,11,12);;;;;. The maximum absolute atomic E-state index is 10.6. The van der Waals surface area contributed by atoms with Crippen LogP contribution in [-0.2, 0) is 9.59 Å². The van der Waals surface area contributed by atoms with Crippen molar-refractivity contribution in [1.82, 2.24) is 0 Å². The second kappa shape index (κ2) is 8.56. The van der Waals surface area contributed by atoms with Gasteiger partial charge >= 0.3 is 87.0 Å². The van der Waals surface area contributed by atoms with E-state index in [2.05, 4.69) is 0 Å². The fourth-order valence-electron chi connectivity index (χ4n) is 1.72. The van der Waals surface area contributed by atoms with Crippen LogP contribution in [0, 0.1) is 11.8 Å². The molecule has 1 fully saturated rings. The number of carboxylic acid groups (broad SMARTS) is 2. The fraction of sp³-hybridized carbons (Fsp3) is 0.750. The van der Waals surface area contributed by atoms with Gasteiger partial charge in [0.25, 0.3) is 0 Å². The molecule has 4 nitrogen and oxygen atoms in total. The molecule has 1 saturated carbocycles. The van der Waals surface area contributed by atoms with Crippen molar-refractivity contribution in [2.45, 2.75) is 25.7 Å². The Hall–Kier alpha value is 1.42. The van der Waals surface area contributed by atoms with Crippen molar-refractivity contribution >= 4 is 87.0 Å². The van der Waals surface area contributed by atoms with Crippen LogP contribution in [0.4, 0.5) is 0 Å². The van der Waals surface area contributed by atoms with Gasteiger partial charge in [-0.05, 0) is 12.8 Å². The van der Waals surface area contributed by atoms with Crippen LogP contribution in [-0.4, -0.2) is 97.2 Å². The van der Waals surface area contributed by atoms with Crippen LogP contribution in [0.15, 0.2) is 0 Å². The van der Waals surface area contributed by atoms with Crippen LogP contribution in [0.5, 0.6) is 0 Å². The molecule has 0 aromatic rings.